The maximum atomic E-state index is 14.3. The summed E-state index contributed by atoms with van der Waals surface area (Å²) >= 11 is 0. The summed E-state index contributed by atoms with van der Waals surface area (Å²) in [6.07, 6.45) is 9.83. The molecule has 2 unspecified atom stereocenters. The van der Waals surface area contributed by atoms with Crippen molar-refractivity contribution in [3.8, 4) is 11.4 Å². The molecule has 0 radical (unpaired) electrons. The molecule has 1 aliphatic carbocycles. The SMILES string of the molecule is Cc1cnc(N2CCC(C3CC3CCOc3ccc(-n4cnnn4)c(F)c3)CC2)nc1. The minimum absolute atomic E-state index is 0.307. The maximum absolute atomic E-state index is 14.3. The quantitative estimate of drug-likeness (QED) is 0.577. The molecule has 0 amide bonds. The van der Waals surface area contributed by atoms with Gasteiger partial charge in [-0.05, 0) is 78.5 Å². The fourth-order valence-corrected chi connectivity index (χ4v) is 4.62. The van der Waals surface area contributed by atoms with Gasteiger partial charge in [0.2, 0.25) is 5.95 Å². The van der Waals surface area contributed by atoms with Gasteiger partial charge in [0.05, 0.1) is 6.61 Å². The van der Waals surface area contributed by atoms with E-state index < -0.39 is 5.82 Å². The number of benzene rings is 1. The van der Waals surface area contributed by atoms with Crippen molar-refractivity contribution in [2.75, 3.05) is 24.6 Å². The first-order valence-electron chi connectivity index (χ1n) is 10.9. The fourth-order valence-electron chi connectivity index (χ4n) is 4.62. The third-order valence-electron chi connectivity index (χ3n) is 6.44. The lowest BCUT2D eigenvalue weighted by Crippen LogP contribution is -2.35. The van der Waals surface area contributed by atoms with E-state index in [1.54, 1.807) is 12.1 Å². The van der Waals surface area contributed by atoms with Gasteiger partial charge in [-0.3, -0.25) is 0 Å². The number of rotatable bonds is 7. The van der Waals surface area contributed by atoms with Crippen molar-refractivity contribution in [3.63, 3.8) is 0 Å². The number of anilines is 1. The third kappa shape index (κ3) is 4.50. The van der Waals surface area contributed by atoms with E-state index in [9.17, 15) is 4.39 Å². The average molecular weight is 423 g/mol. The van der Waals surface area contributed by atoms with Crippen LogP contribution in [0.3, 0.4) is 0 Å². The number of hydrogen-bond donors (Lipinski definition) is 0. The molecule has 162 valence electrons. The highest BCUT2D eigenvalue weighted by molar-refractivity contribution is 5.38. The number of hydrogen-bond acceptors (Lipinski definition) is 7. The second-order valence-corrected chi connectivity index (χ2v) is 8.55. The van der Waals surface area contributed by atoms with E-state index in [1.165, 1.54) is 36.3 Å². The van der Waals surface area contributed by atoms with Gasteiger partial charge in [0, 0.05) is 31.5 Å². The zero-order valence-electron chi connectivity index (χ0n) is 17.6. The standard InChI is InChI=1S/C22H26FN7O/c1-15-12-24-22(25-13-15)29-7-4-16(5-8-29)19-10-17(19)6-9-31-18-2-3-21(20(23)11-18)30-14-26-27-28-30/h2-3,11-14,16-17,19H,4-10H2,1H3. The van der Waals surface area contributed by atoms with Crippen LogP contribution in [-0.4, -0.2) is 49.9 Å². The largest absolute Gasteiger partial charge is 0.493 e. The molecule has 8 nitrogen and oxygen atoms in total. The van der Waals surface area contributed by atoms with Crippen LogP contribution in [0.1, 0.15) is 31.2 Å². The van der Waals surface area contributed by atoms with Crippen molar-refractivity contribution in [2.45, 2.75) is 32.6 Å². The summed E-state index contributed by atoms with van der Waals surface area (Å²) in [6.45, 7) is 4.68. The van der Waals surface area contributed by atoms with Crippen molar-refractivity contribution in [1.29, 1.82) is 0 Å². The van der Waals surface area contributed by atoms with Crippen molar-refractivity contribution < 1.29 is 9.13 Å². The molecule has 0 spiro atoms. The molecule has 2 atom stereocenters. The molecule has 0 bridgehead atoms. The van der Waals surface area contributed by atoms with Crippen LogP contribution < -0.4 is 9.64 Å². The second kappa shape index (κ2) is 8.56. The first kappa shape index (κ1) is 19.8. The minimum Gasteiger partial charge on any atom is -0.493 e. The molecule has 3 heterocycles. The Balaban J connectivity index is 1.05. The van der Waals surface area contributed by atoms with Gasteiger partial charge >= 0.3 is 0 Å². The lowest BCUT2D eigenvalue weighted by molar-refractivity contribution is 0.283. The molecule has 31 heavy (non-hydrogen) atoms. The van der Waals surface area contributed by atoms with Gasteiger partial charge in [-0.1, -0.05) is 0 Å². The number of aromatic nitrogens is 6. The predicted molar refractivity (Wildman–Crippen MR) is 113 cm³/mol. The smallest absolute Gasteiger partial charge is 0.225 e. The number of nitrogens with zero attached hydrogens (tertiary/aromatic N) is 7. The number of aryl methyl sites for hydroxylation is 1. The molecule has 2 aliphatic rings. The fraction of sp³-hybridized carbons (Fsp3) is 0.500. The average Bonchev–Trinajstić information content (AvgIpc) is 3.35. The van der Waals surface area contributed by atoms with Crippen LogP contribution in [0.15, 0.2) is 36.9 Å². The van der Waals surface area contributed by atoms with Crippen molar-refractivity contribution >= 4 is 5.95 Å². The summed E-state index contributed by atoms with van der Waals surface area (Å²) in [6, 6.07) is 4.78. The molecule has 1 saturated carbocycles. The Morgan fingerprint density at radius 2 is 1.97 bits per heavy atom. The van der Waals surface area contributed by atoms with Crippen LogP contribution in [0.25, 0.3) is 5.69 Å². The molecule has 9 heteroatoms. The van der Waals surface area contributed by atoms with E-state index >= 15 is 0 Å². The summed E-state index contributed by atoms with van der Waals surface area (Å²) in [5.41, 5.74) is 1.40. The van der Waals surface area contributed by atoms with Gasteiger partial charge in [0.15, 0.2) is 5.82 Å². The molecule has 1 saturated heterocycles. The summed E-state index contributed by atoms with van der Waals surface area (Å²) in [5, 5.41) is 10.8. The van der Waals surface area contributed by atoms with E-state index in [0.717, 1.165) is 48.8 Å². The molecule has 5 rings (SSSR count). The van der Waals surface area contributed by atoms with E-state index in [2.05, 4.69) is 30.4 Å². The first-order chi connectivity index (χ1) is 15.2. The Morgan fingerprint density at radius 3 is 2.68 bits per heavy atom. The number of ether oxygens (including phenoxy) is 1. The second-order valence-electron chi connectivity index (χ2n) is 8.55. The van der Waals surface area contributed by atoms with Crippen molar-refractivity contribution in [3.05, 3.63) is 48.3 Å². The van der Waals surface area contributed by atoms with Gasteiger partial charge in [-0.15, -0.1) is 5.10 Å². The number of tetrazole rings is 1. The number of piperidine rings is 1. The van der Waals surface area contributed by atoms with Crippen LogP contribution in [0.5, 0.6) is 5.75 Å². The molecule has 1 aromatic carbocycles. The highest BCUT2D eigenvalue weighted by Crippen LogP contribution is 2.49. The predicted octanol–water partition coefficient (Wildman–Crippen LogP) is 3.22. The van der Waals surface area contributed by atoms with Crippen molar-refractivity contribution in [1.82, 2.24) is 30.2 Å². The van der Waals surface area contributed by atoms with Gasteiger partial charge in [0.25, 0.3) is 0 Å². The Labute approximate surface area is 180 Å². The van der Waals surface area contributed by atoms with Crippen LogP contribution in [0.2, 0.25) is 0 Å². The highest BCUT2D eigenvalue weighted by atomic mass is 19.1. The maximum Gasteiger partial charge on any atom is 0.225 e. The molecule has 1 aliphatic heterocycles. The molecule has 3 aromatic rings. The number of halogens is 1. The van der Waals surface area contributed by atoms with Crippen LogP contribution in [0.4, 0.5) is 10.3 Å². The third-order valence-corrected chi connectivity index (χ3v) is 6.44. The van der Waals surface area contributed by atoms with Gasteiger partial charge < -0.3 is 9.64 Å². The Morgan fingerprint density at radius 1 is 1.16 bits per heavy atom. The Hall–Kier alpha value is -3.10. The molecule has 2 fully saturated rings. The monoisotopic (exact) mass is 423 g/mol. The van der Waals surface area contributed by atoms with Crippen LogP contribution >= 0.6 is 0 Å². The van der Waals surface area contributed by atoms with E-state index in [0.29, 0.717) is 18.0 Å². The van der Waals surface area contributed by atoms with Crippen LogP contribution in [-0.2, 0) is 0 Å². The molecular formula is C22H26FN7O. The lowest BCUT2D eigenvalue weighted by atomic mass is 9.90. The zero-order valence-corrected chi connectivity index (χ0v) is 17.6. The van der Waals surface area contributed by atoms with Crippen molar-refractivity contribution in [2.24, 2.45) is 17.8 Å². The summed E-state index contributed by atoms with van der Waals surface area (Å²) in [5.74, 6) is 3.28. The van der Waals surface area contributed by atoms with Gasteiger partial charge in [-0.2, -0.15) is 4.68 Å². The normalized spacial score (nSPS) is 21.3. The highest BCUT2D eigenvalue weighted by Gasteiger charge is 2.43. The topological polar surface area (TPSA) is 81.9 Å². The minimum atomic E-state index is -0.404. The zero-order chi connectivity index (χ0) is 21.2. The summed E-state index contributed by atoms with van der Waals surface area (Å²) < 4.78 is 21.4. The Kier molecular flexibility index (Phi) is 5.48. The molecule has 2 aromatic heterocycles. The lowest BCUT2D eigenvalue weighted by Gasteiger charge is -2.32. The summed E-state index contributed by atoms with van der Waals surface area (Å²) in [7, 11) is 0. The van der Waals surface area contributed by atoms with Crippen LogP contribution in [0, 0.1) is 30.5 Å². The van der Waals surface area contributed by atoms with Gasteiger partial charge in [-0.25, -0.2) is 14.4 Å². The molecular weight excluding hydrogens is 397 g/mol. The van der Waals surface area contributed by atoms with E-state index in [4.69, 9.17) is 4.74 Å². The first-order valence-corrected chi connectivity index (χ1v) is 10.9. The summed E-state index contributed by atoms with van der Waals surface area (Å²) in [4.78, 5) is 11.2. The van der Waals surface area contributed by atoms with E-state index in [-0.39, 0.29) is 0 Å². The van der Waals surface area contributed by atoms with E-state index in [1.807, 2.05) is 19.3 Å². The molecule has 0 N–H and O–H groups in total. The Bertz CT molecular complexity index is 1000. The van der Waals surface area contributed by atoms with Gasteiger partial charge in [0.1, 0.15) is 17.8 Å².